The van der Waals surface area contributed by atoms with Gasteiger partial charge in [-0.25, -0.2) is 0 Å². The monoisotopic (exact) mass is 286 g/mol. The minimum absolute atomic E-state index is 0.314. The Morgan fingerprint density at radius 3 is 2.80 bits per heavy atom. The molecule has 1 unspecified atom stereocenters. The first-order valence-corrected chi connectivity index (χ1v) is 6.67. The van der Waals surface area contributed by atoms with E-state index in [4.69, 9.17) is 0 Å². The fourth-order valence-electron chi connectivity index (χ4n) is 2.73. The maximum atomic E-state index is 13.0. The van der Waals surface area contributed by atoms with E-state index in [9.17, 15) is 18.0 Å². The van der Waals surface area contributed by atoms with Crippen molar-refractivity contribution in [1.82, 2.24) is 10.3 Å². The van der Waals surface area contributed by atoms with Crippen LogP contribution in [0.3, 0.4) is 0 Å². The van der Waals surface area contributed by atoms with Crippen molar-refractivity contribution in [2.75, 3.05) is 13.1 Å². The van der Waals surface area contributed by atoms with E-state index >= 15 is 0 Å². The lowest BCUT2D eigenvalue weighted by Gasteiger charge is -2.36. The Labute approximate surface area is 115 Å². The highest BCUT2D eigenvalue weighted by Gasteiger charge is 2.43. The second-order valence-corrected chi connectivity index (χ2v) is 5.16. The van der Waals surface area contributed by atoms with E-state index in [2.05, 4.69) is 10.3 Å². The normalized spacial score (nSPS) is 23.6. The third-order valence-electron chi connectivity index (χ3n) is 4.00. The first kappa shape index (κ1) is 15.0. The lowest BCUT2D eigenvalue weighted by Crippen LogP contribution is -2.45. The molecule has 0 bridgehead atoms. The number of hydrogen-bond donors (Lipinski definition) is 1. The Morgan fingerprint density at radius 2 is 2.25 bits per heavy atom. The fraction of sp³-hybridized carbons (Fsp3) is 0.571. The van der Waals surface area contributed by atoms with Crippen molar-refractivity contribution in [3.8, 4) is 0 Å². The van der Waals surface area contributed by atoms with Crippen LogP contribution in [0, 0.1) is 5.41 Å². The summed E-state index contributed by atoms with van der Waals surface area (Å²) in [6.07, 6.45) is -0.507. The maximum Gasteiger partial charge on any atom is 0.417 e. The Kier molecular flexibility index (Phi) is 4.13. The number of carbonyl (C=O) groups excluding carboxylic acids is 1. The summed E-state index contributed by atoms with van der Waals surface area (Å²) in [5, 5.41) is 3.11. The van der Waals surface area contributed by atoms with E-state index in [0.717, 1.165) is 31.4 Å². The van der Waals surface area contributed by atoms with Crippen LogP contribution in [-0.2, 0) is 6.18 Å². The van der Waals surface area contributed by atoms with Crippen LogP contribution in [0.5, 0.6) is 0 Å². The van der Waals surface area contributed by atoms with E-state index in [1.165, 1.54) is 0 Å². The summed E-state index contributed by atoms with van der Waals surface area (Å²) in [7, 11) is 0. The smallest absolute Gasteiger partial charge is 0.316 e. The number of pyridine rings is 1. The summed E-state index contributed by atoms with van der Waals surface area (Å²) in [5.74, 6) is -0.451. The highest BCUT2D eigenvalue weighted by atomic mass is 19.4. The summed E-state index contributed by atoms with van der Waals surface area (Å²) in [4.78, 5) is 16.3. The van der Waals surface area contributed by atoms with Gasteiger partial charge in [0, 0.05) is 29.9 Å². The molecule has 0 spiro atoms. The lowest BCUT2D eigenvalue weighted by atomic mass is 9.72. The average molecular weight is 286 g/mol. The first-order valence-electron chi connectivity index (χ1n) is 6.67. The number of nitrogens with one attached hydrogen (secondary N) is 1. The molecule has 1 aromatic rings. The predicted molar refractivity (Wildman–Crippen MR) is 68.4 cm³/mol. The van der Waals surface area contributed by atoms with Gasteiger partial charge in [0.25, 0.3) is 0 Å². The molecule has 0 amide bonds. The zero-order valence-corrected chi connectivity index (χ0v) is 11.3. The number of rotatable bonds is 3. The number of aromatic nitrogens is 1. The van der Waals surface area contributed by atoms with Gasteiger partial charge in [0.1, 0.15) is 0 Å². The zero-order valence-electron chi connectivity index (χ0n) is 11.3. The molecular weight excluding hydrogens is 269 g/mol. The second-order valence-electron chi connectivity index (χ2n) is 5.16. The highest BCUT2D eigenvalue weighted by Crippen LogP contribution is 2.38. The SMILES string of the molecule is CCC1(C(=O)c2cnccc2C(F)(F)F)CCCNC1. The van der Waals surface area contributed by atoms with Crippen LogP contribution in [0.1, 0.15) is 42.1 Å². The molecule has 1 saturated heterocycles. The van der Waals surface area contributed by atoms with Crippen LogP contribution in [-0.4, -0.2) is 23.9 Å². The number of alkyl halides is 3. The molecule has 0 aliphatic carbocycles. The summed E-state index contributed by atoms with van der Waals surface area (Å²) in [6, 6.07) is 0.868. The van der Waals surface area contributed by atoms with E-state index < -0.39 is 22.9 Å². The van der Waals surface area contributed by atoms with Crippen LogP contribution in [0.25, 0.3) is 0 Å². The maximum absolute atomic E-state index is 13.0. The highest BCUT2D eigenvalue weighted by molar-refractivity contribution is 6.01. The lowest BCUT2D eigenvalue weighted by molar-refractivity contribution is -0.138. The van der Waals surface area contributed by atoms with Crippen LogP contribution in [0.4, 0.5) is 13.2 Å². The van der Waals surface area contributed by atoms with Gasteiger partial charge in [0.15, 0.2) is 5.78 Å². The molecule has 1 fully saturated rings. The van der Waals surface area contributed by atoms with Gasteiger partial charge >= 0.3 is 6.18 Å². The Balaban J connectivity index is 2.43. The van der Waals surface area contributed by atoms with Crippen molar-refractivity contribution in [2.24, 2.45) is 5.41 Å². The molecule has 0 radical (unpaired) electrons. The molecule has 1 aromatic heterocycles. The average Bonchev–Trinajstić information content (AvgIpc) is 2.46. The van der Waals surface area contributed by atoms with Crippen LogP contribution in [0.15, 0.2) is 18.5 Å². The minimum atomic E-state index is -4.54. The standard InChI is InChI=1S/C14H17F3N2O/c1-2-13(5-3-6-19-9-13)12(20)10-8-18-7-4-11(10)14(15,16)17/h4,7-8,19H,2-3,5-6,9H2,1H3. The Morgan fingerprint density at radius 1 is 1.50 bits per heavy atom. The fourth-order valence-corrected chi connectivity index (χ4v) is 2.73. The largest absolute Gasteiger partial charge is 0.417 e. The molecule has 110 valence electrons. The molecule has 2 heterocycles. The van der Waals surface area contributed by atoms with E-state index in [0.29, 0.717) is 19.4 Å². The Bertz CT molecular complexity index is 493. The van der Waals surface area contributed by atoms with Gasteiger partial charge in [0.05, 0.1) is 5.56 Å². The van der Waals surface area contributed by atoms with Crippen LogP contribution in [0.2, 0.25) is 0 Å². The van der Waals surface area contributed by atoms with Crippen molar-refractivity contribution < 1.29 is 18.0 Å². The van der Waals surface area contributed by atoms with Crippen molar-refractivity contribution in [2.45, 2.75) is 32.4 Å². The number of piperidine rings is 1. The molecule has 6 heteroatoms. The summed E-state index contributed by atoms with van der Waals surface area (Å²) >= 11 is 0. The quantitative estimate of drug-likeness (QED) is 0.868. The zero-order chi connectivity index (χ0) is 14.8. The molecule has 20 heavy (non-hydrogen) atoms. The summed E-state index contributed by atoms with van der Waals surface area (Å²) in [6.45, 7) is 3.07. The van der Waals surface area contributed by atoms with Crippen molar-refractivity contribution >= 4 is 5.78 Å². The number of nitrogens with zero attached hydrogens (tertiary/aromatic N) is 1. The van der Waals surface area contributed by atoms with Gasteiger partial charge in [-0.1, -0.05) is 6.92 Å². The summed E-state index contributed by atoms with van der Waals surface area (Å²) in [5.41, 5.74) is -1.96. The first-order chi connectivity index (χ1) is 9.41. The van der Waals surface area contributed by atoms with E-state index in [1.54, 1.807) is 0 Å². The number of carbonyl (C=O) groups is 1. The van der Waals surface area contributed by atoms with Crippen molar-refractivity contribution in [1.29, 1.82) is 0 Å². The molecule has 1 atom stereocenters. The molecule has 0 saturated carbocycles. The minimum Gasteiger partial charge on any atom is -0.316 e. The van der Waals surface area contributed by atoms with Crippen molar-refractivity contribution in [3.05, 3.63) is 29.6 Å². The van der Waals surface area contributed by atoms with E-state index in [-0.39, 0.29) is 5.56 Å². The molecule has 1 N–H and O–H groups in total. The molecule has 1 aliphatic heterocycles. The summed E-state index contributed by atoms with van der Waals surface area (Å²) < 4.78 is 39.0. The molecule has 3 nitrogen and oxygen atoms in total. The third kappa shape index (κ3) is 2.70. The number of ketones is 1. The molecule has 0 aromatic carbocycles. The van der Waals surface area contributed by atoms with Crippen molar-refractivity contribution in [3.63, 3.8) is 0 Å². The van der Waals surface area contributed by atoms with E-state index in [1.807, 2.05) is 6.92 Å². The second kappa shape index (κ2) is 5.52. The molecule has 1 aliphatic rings. The van der Waals surface area contributed by atoms with Gasteiger partial charge in [0.2, 0.25) is 0 Å². The van der Waals surface area contributed by atoms with Gasteiger partial charge in [-0.05, 0) is 31.9 Å². The van der Waals surface area contributed by atoms with Gasteiger partial charge in [-0.2, -0.15) is 13.2 Å². The molecular formula is C14H17F3N2O. The predicted octanol–water partition coefficient (Wildman–Crippen LogP) is 3.06. The van der Waals surface area contributed by atoms with Crippen LogP contribution >= 0.6 is 0 Å². The van der Waals surface area contributed by atoms with Gasteiger partial charge in [-0.3, -0.25) is 9.78 Å². The number of halogens is 3. The topological polar surface area (TPSA) is 42.0 Å². The third-order valence-corrected chi connectivity index (χ3v) is 4.00. The molecule has 2 rings (SSSR count). The number of Topliss-reactive ketones (excluding diaryl/α,β-unsaturated/α-hetero) is 1. The van der Waals surface area contributed by atoms with Crippen LogP contribution < -0.4 is 5.32 Å². The van der Waals surface area contributed by atoms with Gasteiger partial charge in [-0.15, -0.1) is 0 Å². The van der Waals surface area contributed by atoms with Gasteiger partial charge < -0.3 is 5.32 Å². The number of hydrogen-bond acceptors (Lipinski definition) is 3. The Hall–Kier alpha value is -1.43.